The van der Waals surface area contributed by atoms with Gasteiger partial charge in [0, 0.05) is 38.1 Å². The van der Waals surface area contributed by atoms with Crippen LogP contribution >= 0.6 is 0 Å². The van der Waals surface area contributed by atoms with Crippen molar-refractivity contribution in [2.75, 3.05) is 19.6 Å². The lowest BCUT2D eigenvalue weighted by Crippen LogP contribution is -2.56. The Labute approximate surface area is 124 Å². The Kier molecular flexibility index (Phi) is 5.48. The van der Waals surface area contributed by atoms with Gasteiger partial charge in [-0.05, 0) is 31.1 Å². The lowest BCUT2D eigenvalue weighted by Gasteiger charge is -2.42. The summed E-state index contributed by atoms with van der Waals surface area (Å²) in [6.45, 7) is 12.2. The van der Waals surface area contributed by atoms with Crippen LogP contribution in [0.2, 0.25) is 0 Å². The fraction of sp³-hybridized carbons (Fsp3) is 0.941. The van der Waals surface area contributed by atoms with E-state index in [1.807, 2.05) is 0 Å². The van der Waals surface area contributed by atoms with Gasteiger partial charge in [-0.15, -0.1) is 0 Å². The predicted molar refractivity (Wildman–Crippen MR) is 83.6 cm³/mol. The zero-order valence-electron chi connectivity index (χ0n) is 13.8. The van der Waals surface area contributed by atoms with Crippen molar-refractivity contribution in [3.63, 3.8) is 0 Å². The average molecular weight is 280 g/mol. The van der Waals surface area contributed by atoms with E-state index in [1.165, 1.54) is 25.8 Å². The Morgan fingerprint density at radius 3 is 2.15 bits per heavy atom. The summed E-state index contributed by atoms with van der Waals surface area (Å²) in [6.07, 6.45) is 5.55. The summed E-state index contributed by atoms with van der Waals surface area (Å²) in [4.78, 5) is 17.2. The summed E-state index contributed by atoms with van der Waals surface area (Å²) in [5, 5.41) is 0. The van der Waals surface area contributed by atoms with E-state index in [2.05, 4.69) is 37.5 Å². The predicted octanol–water partition coefficient (Wildman–Crippen LogP) is 3.14. The molecule has 0 aromatic rings. The van der Waals surface area contributed by atoms with Gasteiger partial charge in [0.2, 0.25) is 5.91 Å². The molecule has 0 aromatic carbocycles. The van der Waals surface area contributed by atoms with Crippen LogP contribution in [0.25, 0.3) is 0 Å². The summed E-state index contributed by atoms with van der Waals surface area (Å²) in [5.41, 5.74) is 0. The molecular formula is C17H32N2O. The second-order valence-electron chi connectivity index (χ2n) is 7.56. The fourth-order valence-electron chi connectivity index (χ4n) is 3.73. The molecule has 116 valence electrons. The smallest absolute Gasteiger partial charge is 0.222 e. The minimum atomic E-state index is 0.395. The number of likely N-dealkylation sites (tertiary alicyclic amines) is 1. The van der Waals surface area contributed by atoms with Crippen LogP contribution in [0.5, 0.6) is 0 Å². The SMILES string of the molecule is CC(C)CCCC(=O)N1C[C@H]2CC[C@@H](C1)N2CC(C)C. The molecular weight excluding hydrogens is 248 g/mol. The first-order valence-corrected chi connectivity index (χ1v) is 8.51. The molecule has 3 heteroatoms. The Hall–Kier alpha value is -0.570. The number of rotatable bonds is 6. The van der Waals surface area contributed by atoms with Crippen LogP contribution in [0.4, 0.5) is 0 Å². The first kappa shape index (κ1) is 15.8. The third-order valence-electron chi connectivity index (χ3n) is 4.73. The Bertz CT molecular complexity index is 313. The number of piperazine rings is 1. The molecule has 2 bridgehead atoms. The first-order valence-electron chi connectivity index (χ1n) is 8.51. The minimum Gasteiger partial charge on any atom is -0.340 e. The van der Waals surface area contributed by atoms with Crippen molar-refractivity contribution in [3.05, 3.63) is 0 Å². The molecule has 2 rings (SSSR count). The van der Waals surface area contributed by atoms with E-state index >= 15 is 0 Å². The molecule has 2 atom stereocenters. The molecule has 2 aliphatic heterocycles. The number of nitrogens with zero attached hydrogens (tertiary/aromatic N) is 2. The van der Waals surface area contributed by atoms with Gasteiger partial charge in [-0.25, -0.2) is 0 Å². The monoisotopic (exact) mass is 280 g/mol. The van der Waals surface area contributed by atoms with Crippen molar-refractivity contribution < 1.29 is 4.79 Å². The Morgan fingerprint density at radius 1 is 1.05 bits per heavy atom. The van der Waals surface area contributed by atoms with E-state index in [1.54, 1.807) is 0 Å². The van der Waals surface area contributed by atoms with E-state index in [4.69, 9.17) is 0 Å². The van der Waals surface area contributed by atoms with Gasteiger partial charge in [-0.1, -0.05) is 34.1 Å². The molecule has 0 N–H and O–H groups in total. The summed E-state index contributed by atoms with van der Waals surface area (Å²) in [6, 6.07) is 1.26. The highest BCUT2D eigenvalue weighted by Gasteiger charge is 2.40. The van der Waals surface area contributed by atoms with Gasteiger partial charge < -0.3 is 4.90 Å². The summed E-state index contributed by atoms with van der Waals surface area (Å²) in [5.74, 6) is 1.83. The van der Waals surface area contributed by atoms with Gasteiger partial charge in [0.15, 0.2) is 0 Å². The standard InChI is InChI=1S/C17H32N2O/c1-13(2)6-5-7-17(20)18-11-15-8-9-16(12-18)19(15)10-14(3)4/h13-16H,5-12H2,1-4H3/t15-,16+. The second-order valence-corrected chi connectivity index (χ2v) is 7.56. The van der Waals surface area contributed by atoms with Crippen LogP contribution in [-0.2, 0) is 4.79 Å². The largest absolute Gasteiger partial charge is 0.340 e. The number of carbonyl (C=O) groups is 1. The molecule has 1 amide bonds. The number of carbonyl (C=O) groups excluding carboxylic acids is 1. The normalized spacial score (nSPS) is 26.8. The van der Waals surface area contributed by atoms with Crippen molar-refractivity contribution in [1.29, 1.82) is 0 Å². The molecule has 0 unspecified atom stereocenters. The zero-order chi connectivity index (χ0) is 14.7. The van der Waals surface area contributed by atoms with Crippen molar-refractivity contribution in [1.82, 2.24) is 9.80 Å². The Morgan fingerprint density at radius 2 is 1.65 bits per heavy atom. The molecule has 2 aliphatic rings. The zero-order valence-corrected chi connectivity index (χ0v) is 13.8. The maximum atomic E-state index is 12.3. The number of hydrogen-bond acceptors (Lipinski definition) is 2. The van der Waals surface area contributed by atoms with Crippen LogP contribution in [0.1, 0.15) is 59.8 Å². The third-order valence-corrected chi connectivity index (χ3v) is 4.73. The maximum absolute atomic E-state index is 12.3. The van der Waals surface area contributed by atoms with Crippen LogP contribution in [0, 0.1) is 11.8 Å². The van der Waals surface area contributed by atoms with Crippen molar-refractivity contribution >= 4 is 5.91 Å². The molecule has 0 aliphatic carbocycles. The highest BCUT2D eigenvalue weighted by Crippen LogP contribution is 2.31. The molecule has 2 heterocycles. The van der Waals surface area contributed by atoms with E-state index in [9.17, 15) is 4.79 Å². The number of amides is 1. The minimum absolute atomic E-state index is 0.395. The molecule has 20 heavy (non-hydrogen) atoms. The molecule has 2 fully saturated rings. The Balaban J connectivity index is 1.81. The maximum Gasteiger partial charge on any atom is 0.222 e. The van der Waals surface area contributed by atoms with E-state index in [0.29, 0.717) is 23.9 Å². The molecule has 0 spiro atoms. The van der Waals surface area contributed by atoms with E-state index in [0.717, 1.165) is 31.8 Å². The van der Waals surface area contributed by atoms with Crippen molar-refractivity contribution in [2.24, 2.45) is 11.8 Å². The van der Waals surface area contributed by atoms with Crippen molar-refractivity contribution in [2.45, 2.75) is 71.9 Å². The van der Waals surface area contributed by atoms with Crippen LogP contribution < -0.4 is 0 Å². The quantitative estimate of drug-likeness (QED) is 0.746. The van der Waals surface area contributed by atoms with Gasteiger partial charge in [0.05, 0.1) is 0 Å². The average Bonchev–Trinajstić information content (AvgIpc) is 2.61. The second kappa shape index (κ2) is 6.93. The van der Waals surface area contributed by atoms with E-state index in [-0.39, 0.29) is 0 Å². The van der Waals surface area contributed by atoms with E-state index < -0.39 is 0 Å². The number of fused-ring (bicyclic) bond motifs is 2. The summed E-state index contributed by atoms with van der Waals surface area (Å²) in [7, 11) is 0. The highest BCUT2D eigenvalue weighted by atomic mass is 16.2. The van der Waals surface area contributed by atoms with Gasteiger partial charge in [-0.3, -0.25) is 9.69 Å². The summed E-state index contributed by atoms with van der Waals surface area (Å²) >= 11 is 0. The summed E-state index contributed by atoms with van der Waals surface area (Å²) < 4.78 is 0. The lowest BCUT2D eigenvalue weighted by atomic mass is 10.1. The fourth-order valence-corrected chi connectivity index (χ4v) is 3.73. The van der Waals surface area contributed by atoms with Crippen LogP contribution in [-0.4, -0.2) is 47.4 Å². The van der Waals surface area contributed by atoms with Crippen LogP contribution in [0.15, 0.2) is 0 Å². The molecule has 0 radical (unpaired) electrons. The van der Waals surface area contributed by atoms with Crippen LogP contribution in [0.3, 0.4) is 0 Å². The molecule has 2 saturated heterocycles. The highest BCUT2D eigenvalue weighted by molar-refractivity contribution is 5.76. The molecule has 0 saturated carbocycles. The van der Waals surface area contributed by atoms with Gasteiger partial charge in [-0.2, -0.15) is 0 Å². The third kappa shape index (κ3) is 3.97. The molecule has 3 nitrogen and oxygen atoms in total. The topological polar surface area (TPSA) is 23.6 Å². The number of hydrogen-bond donors (Lipinski definition) is 0. The van der Waals surface area contributed by atoms with Gasteiger partial charge in [0.1, 0.15) is 0 Å². The van der Waals surface area contributed by atoms with Crippen molar-refractivity contribution in [3.8, 4) is 0 Å². The first-order chi connectivity index (χ1) is 9.47. The molecule has 0 aromatic heterocycles. The van der Waals surface area contributed by atoms with Gasteiger partial charge >= 0.3 is 0 Å². The lowest BCUT2D eigenvalue weighted by molar-refractivity contribution is -0.134. The van der Waals surface area contributed by atoms with Gasteiger partial charge in [0.25, 0.3) is 0 Å².